The van der Waals surface area contributed by atoms with E-state index < -0.39 is 0 Å². The van der Waals surface area contributed by atoms with Gasteiger partial charge in [-0.05, 0) is 12.1 Å². The summed E-state index contributed by atoms with van der Waals surface area (Å²) in [5.41, 5.74) is 0.944. The summed E-state index contributed by atoms with van der Waals surface area (Å²) in [5.74, 6) is 0. The molecule has 0 aliphatic heterocycles. The summed E-state index contributed by atoms with van der Waals surface area (Å²) in [5, 5.41) is 1.77. The Morgan fingerprint density at radius 1 is 1.08 bits per heavy atom. The molecule has 0 saturated heterocycles. The van der Waals surface area contributed by atoms with E-state index in [1.54, 1.807) is 12.3 Å². The van der Waals surface area contributed by atoms with Crippen LogP contribution in [0.5, 0.6) is 0 Å². The zero-order valence-electron chi connectivity index (χ0n) is 7.79. The highest BCUT2D eigenvalue weighted by molar-refractivity contribution is 6.35. The van der Waals surface area contributed by atoms with Gasteiger partial charge in [0.2, 0.25) is 0 Å². The molecule has 1 heterocycles. The molecule has 2 rings (SSSR count). The normalized spacial score (nSPS) is 9.15. The summed E-state index contributed by atoms with van der Waals surface area (Å²) in [6.07, 6.45) is 1.71. The van der Waals surface area contributed by atoms with Crippen LogP contribution in [0.1, 0.15) is 13.8 Å². The molecule has 0 radical (unpaired) electrons. The Labute approximate surface area is 83.4 Å². The minimum Gasteiger partial charge on any atom is -0.256 e. The maximum atomic E-state index is 5.92. The van der Waals surface area contributed by atoms with E-state index in [4.69, 9.17) is 11.6 Å². The fraction of sp³-hybridized carbons (Fsp3) is 0.182. The fourth-order valence-corrected chi connectivity index (χ4v) is 1.28. The van der Waals surface area contributed by atoms with Gasteiger partial charge in [0.1, 0.15) is 0 Å². The van der Waals surface area contributed by atoms with Crippen LogP contribution < -0.4 is 0 Å². The summed E-state index contributed by atoms with van der Waals surface area (Å²) in [6.45, 7) is 4.00. The van der Waals surface area contributed by atoms with Gasteiger partial charge in [-0.2, -0.15) is 0 Å². The van der Waals surface area contributed by atoms with E-state index in [0.717, 1.165) is 15.9 Å². The second-order valence-corrected chi connectivity index (χ2v) is 2.72. The molecular formula is C11H12ClN. The Morgan fingerprint density at radius 3 is 2.46 bits per heavy atom. The second kappa shape index (κ2) is 4.83. The van der Waals surface area contributed by atoms with Gasteiger partial charge in [0.15, 0.2) is 0 Å². The standard InChI is InChI=1S/C9H6ClN.C2H6/c10-8-5-6-11-9-4-2-1-3-7(8)9;1-2/h1-6H;1-2H3. The van der Waals surface area contributed by atoms with Crippen molar-refractivity contribution in [1.29, 1.82) is 0 Å². The number of fused-ring (bicyclic) bond motifs is 1. The third kappa shape index (κ3) is 2.19. The average Bonchev–Trinajstić information content (AvgIpc) is 2.22. The molecule has 1 nitrogen and oxygen atoms in total. The van der Waals surface area contributed by atoms with Crippen LogP contribution in [0.3, 0.4) is 0 Å². The lowest BCUT2D eigenvalue weighted by molar-refractivity contribution is 1.41. The fourth-order valence-electron chi connectivity index (χ4n) is 1.06. The number of hydrogen-bond donors (Lipinski definition) is 0. The Kier molecular flexibility index (Phi) is 3.71. The SMILES string of the molecule is CC.Clc1ccnc2ccccc12. The highest BCUT2D eigenvalue weighted by Gasteiger charge is 1.95. The maximum Gasteiger partial charge on any atom is 0.0716 e. The number of rotatable bonds is 0. The summed E-state index contributed by atoms with van der Waals surface area (Å²) in [7, 11) is 0. The molecule has 0 aliphatic rings. The Bertz CT molecular complexity index is 379. The molecule has 13 heavy (non-hydrogen) atoms. The van der Waals surface area contributed by atoms with Crippen LogP contribution >= 0.6 is 11.6 Å². The smallest absolute Gasteiger partial charge is 0.0716 e. The third-order valence-electron chi connectivity index (χ3n) is 1.60. The lowest BCUT2D eigenvalue weighted by Gasteiger charge is -1.96. The molecule has 1 aromatic carbocycles. The molecule has 2 aromatic rings. The van der Waals surface area contributed by atoms with Gasteiger partial charge in [-0.1, -0.05) is 43.6 Å². The predicted octanol–water partition coefficient (Wildman–Crippen LogP) is 3.91. The number of benzene rings is 1. The molecule has 0 atom stereocenters. The number of pyridine rings is 1. The largest absolute Gasteiger partial charge is 0.256 e. The topological polar surface area (TPSA) is 12.9 Å². The minimum atomic E-state index is 0.760. The lowest BCUT2D eigenvalue weighted by Crippen LogP contribution is -1.76. The monoisotopic (exact) mass is 193 g/mol. The molecule has 0 aliphatic carbocycles. The minimum absolute atomic E-state index is 0.760. The van der Waals surface area contributed by atoms with Crippen molar-refractivity contribution >= 4 is 22.5 Å². The average molecular weight is 194 g/mol. The number of halogens is 1. The van der Waals surface area contributed by atoms with Gasteiger partial charge in [0, 0.05) is 11.6 Å². The molecule has 0 N–H and O–H groups in total. The first kappa shape index (κ1) is 10.0. The lowest BCUT2D eigenvalue weighted by atomic mass is 10.2. The van der Waals surface area contributed by atoms with E-state index in [2.05, 4.69) is 4.98 Å². The number of para-hydroxylation sites is 1. The van der Waals surface area contributed by atoms with Gasteiger partial charge >= 0.3 is 0 Å². The number of hydrogen-bond acceptors (Lipinski definition) is 1. The molecule has 0 saturated carbocycles. The van der Waals surface area contributed by atoms with Crippen LogP contribution in [0.2, 0.25) is 5.02 Å². The van der Waals surface area contributed by atoms with Gasteiger partial charge < -0.3 is 0 Å². The van der Waals surface area contributed by atoms with Crippen LogP contribution in [-0.4, -0.2) is 4.98 Å². The molecular weight excluding hydrogens is 182 g/mol. The zero-order chi connectivity index (χ0) is 9.68. The van der Waals surface area contributed by atoms with Crippen molar-refractivity contribution in [3.63, 3.8) is 0 Å². The Morgan fingerprint density at radius 2 is 1.77 bits per heavy atom. The molecule has 1 aromatic heterocycles. The van der Waals surface area contributed by atoms with Crippen molar-refractivity contribution in [2.75, 3.05) is 0 Å². The molecule has 2 heteroatoms. The Balaban J connectivity index is 0.000000396. The van der Waals surface area contributed by atoms with Crippen molar-refractivity contribution in [3.8, 4) is 0 Å². The molecule has 0 bridgehead atoms. The van der Waals surface area contributed by atoms with Crippen LogP contribution in [-0.2, 0) is 0 Å². The van der Waals surface area contributed by atoms with Gasteiger partial charge in [-0.3, -0.25) is 4.98 Å². The summed E-state index contributed by atoms with van der Waals surface area (Å²) >= 11 is 5.92. The first-order chi connectivity index (χ1) is 6.38. The van der Waals surface area contributed by atoms with E-state index in [-0.39, 0.29) is 0 Å². The quantitative estimate of drug-likeness (QED) is 0.618. The molecule has 0 unspecified atom stereocenters. The van der Waals surface area contributed by atoms with Gasteiger partial charge in [0.25, 0.3) is 0 Å². The highest BCUT2D eigenvalue weighted by atomic mass is 35.5. The van der Waals surface area contributed by atoms with Crippen molar-refractivity contribution in [3.05, 3.63) is 41.6 Å². The van der Waals surface area contributed by atoms with Gasteiger partial charge in [-0.25, -0.2) is 0 Å². The summed E-state index contributed by atoms with van der Waals surface area (Å²) in [6, 6.07) is 9.61. The maximum absolute atomic E-state index is 5.92. The van der Waals surface area contributed by atoms with E-state index in [1.807, 2.05) is 38.1 Å². The van der Waals surface area contributed by atoms with Crippen LogP contribution in [0, 0.1) is 0 Å². The molecule has 0 amide bonds. The predicted molar refractivity (Wildman–Crippen MR) is 58.1 cm³/mol. The second-order valence-electron chi connectivity index (χ2n) is 2.31. The van der Waals surface area contributed by atoms with E-state index in [0.29, 0.717) is 0 Å². The molecule has 0 fully saturated rings. The molecule has 68 valence electrons. The number of aromatic nitrogens is 1. The first-order valence-electron chi connectivity index (χ1n) is 4.37. The van der Waals surface area contributed by atoms with E-state index >= 15 is 0 Å². The van der Waals surface area contributed by atoms with Crippen LogP contribution in [0.25, 0.3) is 10.9 Å². The first-order valence-corrected chi connectivity index (χ1v) is 4.75. The van der Waals surface area contributed by atoms with E-state index in [1.165, 1.54) is 0 Å². The summed E-state index contributed by atoms with van der Waals surface area (Å²) < 4.78 is 0. The van der Waals surface area contributed by atoms with Gasteiger partial charge in [-0.15, -0.1) is 0 Å². The van der Waals surface area contributed by atoms with Crippen molar-refractivity contribution in [2.45, 2.75) is 13.8 Å². The van der Waals surface area contributed by atoms with Crippen molar-refractivity contribution < 1.29 is 0 Å². The summed E-state index contributed by atoms with van der Waals surface area (Å²) in [4.78, 5) is 4.16. The highest BCUT2D eigenvalue weighted by Crippen LogP contribution is 2.19. The van der Waals surface area contributed by atoms with Crippen molar-refractivity contribution in [1.82, 2.24) is 4.98 Å². The molecule has 0 spiro atoms. The number of nitrogens with zero attached hydrogens (tertiary/aromatic N) is 1. The van der Waals surface area contributed by atoms with E-state index in [9.17, 15) is 0 Å². The Hall–Kier alpha value is -1.08. The van der Waals surface area contributed by atoms with Crippen molar-refractivity contribution in [2.24, 2.45) is 0 Å². The third-order valence-corrected chi connectivity index (χ3v) is 1.93. The zero-order valence-corrected chi connectivity index (χ0v) is 8.55. The van der Waals surface area contributed by atoms with Crippen LogP contribution in [0.15, 0.2) is 36.5 Å². The van der Waals surface area contributed by atoms with Crippen LogP contribution in [0.4, 0.5) is 0 Å². The van der Waals surface area contributed by atoms with Gasteiger partial charge in [0.05, 0.1) is 10.5 Å².